The molecule has 1 fully saturated rings. The first kappa shape index (κ1) is 22.7. The molecule has 0 bridgehead atoms. The highest BCUT2D eigenvalue weighted by molar-refractivity contribution is 5.65. The zero-order valence-electron chi connectivity index (χ0n) is 18.2. The summed E-state index contributed by atoms with van der Waals surface area (Å²) < 4.78 is 64.6. The number of aryl methyl sites for hydroxylation is 1. The molecule has 2 nitrogen and oxygen atoms in total. The van der Waals surface area contributed by atoms with Crippen molar-refractivity contribution in [3.63, 3.8) is 0 Å². The predicted octanol–water partition coefficient (Wildman–Crippen LogP) is 8.32. The Morgan fingerprint density at radius 2 is 1.59 bits per heavy atom. The van der Waals surface area contributed by atoms with Crippen LogP contribution in [0.5, 0.6) is 11.5 Å². The fourth-order valence-corrected chi connectivity index (χ4v) is 4.62. The van der Waals surface area contributed by atoms with E-state index in [-0.39, 0.29) is 17.1 Å². The van der Waals surface area contributed by atoms with Crippen LogP contribution in [0.3, 0.4) is 0 Å². The van der Waals surface area contributed by atoms with Crippen LogP contribution in [0.25, 0.3) is 5.83 Å². The van der Waals surface area contributed by atoms with Crippen molar-refractivity contribution in [2.24, 2.45) is 5.92 Å². The summed E-state index contributed by atoms with van der Waals surface area (Å²) in [6, 6.07) is 12.1. The van der Waals surface area contributed by atoms with E-state index in [9.17, 15) is 17.6 Å². The molecule has 6 heteroatoms. The van der Waals surface area contributed by atoms with Crippen LogP contribution >= 0.6 is 0 Å². The van der Waals surface area contributed by atoms with Gasteiger partial charge in [-0.2, -0.15) is 0 Å². The second-order valence-electron chi connectivity index (χ2n) is 8.74. The molecule has 1 saturated carbocycles. The van der Waals surface area contributed by atoms with Gasteiger partial charge in [0.05, 0.1) is 0 Å². The molecule has 0 atom stereocenters. The van der Waals surface area contributed by atoms with Gasteiger partial charge in [-0.3, -0.25) is 0 Å². The molecule has 2 aromatic rings. The van der Waals surface area contributed by atoms with Gasteiger partial charge in [0.1, 0.15) is 5.83 Å². The van der Waals surface area contributed by atoms with Gasteiger partial charge >= 0.3 is 6.29 Å². The van der Waals surface area contributed by atoms with Gasteiger partial charge in [0.2, 0.25) is 0 Å². The molecule has 1 aliphatic carbocycles. The van der Waals surface area contributed by atoms with E-state index >= 15 is 0 Å². The molecular formula is C26H28F4O2. The molecule has 4 rings (SSSR count). The summed E-state index contributed by atoms with van der Waals surface area (Å²) in [5.41, 5.74) is 2.47. The van der Waals surface area contributed by atoms with Crippen molar-refractivity contribution < 1.29 is 27.0 Å². The molecule has 0 spiro atoms. The molecule has 0 aromatic heterocycles. The highest BCUT2D eigenvalue weighted by Crippen LogP contribution is 2.45. The maximum absolute atomic E-state index is 14.9. The third-order valence-electron chi connectivity index (χ3n) is 6.47. The summed E-state index contributed by atoms with van der Waals surface area (Å²) in [5, 5.41) is 0. The second kappa shape index (κ2) is 9.55. The number of unbranched alkanes of at least 4 members (excludes halogenated alkanes) is 2. The van der Waals surface area contributed by atoms with Crippen LogP contribution in [0.15, 0.2) is 48.3 Å². The number of rotatable bonds is 7. The zero-order chi connectivity index (χ0) is 22.7. The lowest BCUT2D eigenvalue weighted by Gasteiger charge is -2.28. The highest BCUT2D eigenvalue weighted by Gasteiger charge is 2.43. The summed E-state index contributed by atoms with van der Waals surface area (Å²) in [4.78, 5) is 0. The Labute approximate surface area is 186 Å². The van der Waals surface area contributed by atoms with Gasteiger partial charge in [-0.15, -0.1) is 8.78 Å². The van der Waals surface area contributed by atoms with Gasteiger partial charge < -0.3 is 9.47 Å². The average molecular weight is 449 g/mol. The lowest BCUT2D eigenvalue weighted by molar-refractivity contribution is -0.286. The number of alkyl halides is 2. The molecular weight excluding hydrogens is 420 g/mol. The van der Waals surface area contributed by atoms with E-state index in [1.54, 1.807) is 0 Å². The van der Waals surface area contributed by atoms with Gasteiger partial charge in [-0.1, -0.05) is 44.0 Å². The predicted molar refractivity (Wildman–Crippen MR) is 116 cm³/mol. The van der Waals surface area contributed by atoms with Gasteiger partial charge in [0.25, 0.3) is 0 Å². The maximum atomic E-state index is 14.9. The minimum atomic E-state index is -3.79. The van der Waals surface area contributed by atoms with Crippen molar-refractivity contribution in [3.05, 3.63) is 65.0 Å². The SMILES string of the molecule is CCCCCc1ccc(C2CCC(/C(F)=C(\F)c3ccc4c(c3)OC(F)(F)O4)CC2)cc1. The normalized spacial score (nSPS) is 22.5. The first-order chi connectivity index (χ1) is 15.4. The van der Waals surface area contributed by atoms with Crippen molar-refractivity contribution in [1.29, 1.82) is 0 Å². The van der Waals surface area contributed by atoms with Crippen LogP contribution in [0.1, 0.15) is 74.5 Å². The maximum Gasteiger partial charge on any atom is 0.586 e. The summed E-state index contributed by atoms with van der Waals surface area (Å²) >= 11 is 0. The first-order valence-electron chi connectivity index (χ1n) is 11.4. The Morgan fingerprint density at radius 1 is 0.906 bits per heavy atom. The van der Waals surface area contributed by atoms with Gasteiger partial charge in [0.15, 0.2) is 17.3 Å². The summed E-state index contributed by atoms with van der Waals surface area (Å²) in [6.45, 7) is 2.19. The Hall–Kier alpha value is -2.50. The van der Waals surface area contributed by atoms with E-state index in [4.69, 9.17) is 0 Å². The van der Waals surface area contributed by atoms with Crippen molar-refractivity contribution in [2.75, 3.05) is 0 Å². The Morgan fingerprint density at radius 3 is 2.28 bits per heavy atom. The Kier molecular flexibility index (Phi) is 6.77. The van der Waals surface area contributed by atoms with Crippen molar-refractivity contribution in [1.82, 2.24) is 0 Å². The largest absolute Gasteiger partial charge is 0.586 e. The van der Waals surface area contributed by atoms with Crippen LogP contribution in [0.4, 0.5) is 17.6 Å². The highest BCUT2D eigenvalue weighted by atomic mass is 19.3. The number of benzene rings is 2. The molecule has 2 aliphatic rings. The molecule has 0 radical (unpaired) electrons. The standard InChI is InChI=1S/C26H28F4O2/c1-2-3-4-5-17-6-8-18(9-7-17)19-10-12-20(13-11-19)24(27)25(28)21-14-15-22-23(16-21)32-26(29,30)31-22/h6-9,14-16,19-20H,2-5,10-13H2,1H3/b25-24+. The Balaban J connectivity index is 1.37. The lowest BCUT2D eigenvalue weighted by Crippen LogP contribution is -2.25. The molecule has 1 heterocycles. The fourth-order valence-electron chi connectivity index (χ4n) is 4.62. The van der Waals surface area contributed by atoms with E-state index in [1.165, 1.54) is 42.5 Å². The van der Waals surface area contributed by atoms with Crippen LogP contribution < -0.4 is 9.47 Å². The Bertz CT molecular complexity index is 960. The van der Waals surface area contributed by atoms with E-state index in [2.05, 4.69) is 40.7 Å². The van der Waals surface area contributed by atoms with Crippen LogP contribution in [0, 0.1) is 5.92 Å². The first-order valence-corrected chi connectivity index (χ1v) is 11.4. The number of ether oxygens (including phenoxy) is 2. The second-order valence-corrected chi connectivity index (χ2v) is 8.74. The van der Waals surface area contributed by atoms with Crippen molar-refractivity contribution in [3.8, 4) is 11.5 Å². The minimum absolute atomic E-state index is 0.122. The molecule has 0 unspecified atom stereocenters. The van der Waals surface area contributed by atoms with E-state index < -0.39 is 23.9 Å². The van der Waals surface area contributed by atoms with Crippen molar-refractivity contribution >= 4 is 5.83 Å². The molecule has 2 aromatic carbocycles. The topological polar surface area (TPSA) is 18.5 Å². The summed E-state index contributed by atoms with van der Waals surface area (Å²) in [6.07, 6.45) is 3.61. The van der Waals surface area contributed by atoms with Gasteiger partial charge in [-0.25, -0.2) is 8.78 Å². The fraction of sp³-hybridized carbons (Fsp3) is 0.462. The van der Waals surface area contributed by atoms with Crippen LogP contribution in [0.2, 0.25) is 0 Å². The van der Waals surface area contributed by atoms with Crippen LogP contribution in [-0.4, -0.2) is 6.29 Å². The lowest BCUT2D eigenvalue weighted by atomic mass is 9.78. The third kappa shape index (κ3) is 5.11. The molecule has 0 N–H and O–H groups in total. The van der Waals surface area contributed by atoms with Gasteiger partial charge in [-0.05, 0) is 73.8 Å². The quantitative estimate of drug-likeness (QED) is 0.313. The smallest absolute Gasteiger partial charge is 0.395 e. The molecule has 172 valence electrons. The molecule has 32 heavy (non-hydrogen) atoms. The molecule has 0 amide bonds. The molecule has 0 saturated heterocycles. The van der Waals surface area contributed by atoms with E-state index in [1.807, 2.05) is 0 Å². The number of hydrogen-bond donors (Lipinski definition) is 0. The summed E-state index contributed by atoms with van der Waals surface area (Å²) in [5.74, 6) is -2.49. The zero-order valence-corrected chi connectivity index (χ0v) is 18.2. The minimum Gasteiger partial charge on any atom is -0.395 e. The number of fused-ring (bicyclic) bond motifs is 1. The third-order valence-corrected chi connectivity index (χ3v) is 6.47. The average Bonchev–Trinajstić information content (AvgIpc) is 3.12. The summed E-state index contributed by atoms with van der Waals surface area (Å²) in [7, 11) is 0. The van der Waals surface area contributed by atoms with Crippen molar-refractivity contribution in [2.45, 2.75) is 70.5 Å². The number of hydrogen-bond acceptors (Lipinski definition) is 2. The number of allylic oxidation sites excluding steroid dienone is 1. The van der Waals surface area contributed by atoms with Gasteiger partial charge in [0, 0.05) is 11.5 Å². The van der Waals surface area contributed by atoms with Crippen LogP contribution in [-0.2, 0) is 6.42 Å². The van der Waals surface area contributed by atoms with E-state index in [0.717, 1.165) is 25.3 Å². The van der Waals surface area contributed by atoms with E-state index in [0.29, 0.717) is 18.8 Å². The molecule has 1 aliphatic heterocycles. The monoisotopic (exact) mass is 448 g/mol. The number of halogens is 4.